The van der Waals surface area contributed by atoms with Crippen molar-refractivity contribution in [3.8, 4) is 0 Å². The molecule has 1 nitrogen and oxygen atoms in total. The van der Waals surface area contributed by atoms with Crippen LogP contribution in [0.1, 0.15) is 16.7 Å². The molecule has 1 heterocycles. The Bertz CT molecular complexity index is 510. The first-order valence-electron chi connectivity index (χ1n) is 5.45. The topological polar surface area (TPSA) is 12.0 Å². The molecule has 0 radical (unpaired) electrons. The summed E-state index contributed by atoms with van der Waals surface area (Å²) in [6.45, 7) is 2.80. The molecular formula is C13H13BrFNS. The number of thiophene rings is 1. The third-order valence-electron chi connectivity index (χ3n) is 2.45. The number of hydrogen-bond donors (Lipinski definition) is 1. The highest BCUT2D eigenvalue weighted by Gasteiger charge is 2.03. The predicted octanol–water partition coefficient (Wildman–Crippen LogP) is 4.82. The lowest BCUT2D eigenvalue weighted by Gasteiger charge is -2.06. The molecule has 0 spiro atoms. The monoisotopic (exact) mass is 313 g/mol. The second-order valence-electron chi connectivity index (χ2n) is 3.70. The van der Waals surface area contributed by atoms with Gasteiger partial charge in [0.05, 0.1) is 5.69 Å². The number of hydrogen-bond acceptors (Lipinski definition) is 2. The molecule has 0 bridgehead atoms. The quantitative estimate of drug-likeness (QED) is 0.853. The highest BCUT2D eigenvalue weighted by atomic mass is 79.9. The first kappa shape index (κ1) is 12.6. The van der Waals surface area contributed by atoms with E-state index in [1.165, 1.54) is 15.8 Å². The van der Waals surface area contributed by atoms with Gasteiger partial charge in [0.25, 0.3) is 0 Å². The third kappa shape index (κ3) is 3.30. The van der Waals surface area contributed by atoms with Gasteiger partial charge in [-0.25, -0.2) is 4.39 Å². The molecule has 1 aromatic carbocycles. The largest absolute Gasteiger partial charge is 0.378 e. The minimum Gasteiger partial charge on any atom is -0.378 e. The van der Waals surface area contributed by atoms with Gasteiger partial charge in [-0.3, -0.25) is 0 Å². The van der Waals surface area contributed by atoms with Gasteiger partial charge >= 0.3 is 0 Å². The van der Waals surface area contributed by atoms with Crippen molar-refractivity contribution in [1.82, 2.24) is 0 Å². The molecule has 2 aromatic rings. The van der Waals surface area contributed by atoms with Crippen LogP contribution in [0.15, 0.2) is 34.8 Å². The molecule has 17 heavy (non-hydrogen) atoms. The van der Waals surface area contributed by atoms with Crippen LogP contribution in [0.4, 0.5) is 10.1 Å². The van der Waals surface area contributed by atoms with Crippen LogP contribution in [-0.2, 0) is 13.0 Å². The standard InChI is InChI=1S/C13H13BrFNS/c1-2-10-4-5-11(17-10)8-16-13-7-9(14)3-6-12(13)15/h3-7,16H,2,8H2,1H3. The average Bonchev–Trinajstić information content (AvgIpc) is 2.78. The third-order valence-corrected chi connectivity index (χ3v) is 4.17. The summed E-state index contributed by atoms with van der Waals surface area (Å²) in [5, 5.41) is 3.11. The van der Waals surface area contributed by atoms with Crippen molar-refractivity contribution in [1.29, 1.82) is 0 Å². The van der Waals surface area contributed by atoms with Gasteiger partial charge in [-0.1, -0.05) is 22.9 Å². The zero-order valence-corrected chi connectivity index (χ0v) is 11.9. The predicted molar refractivity (Wildman–Crippen MR) is 75.1 cm³/mol. The van der Waals surface area contributed by atoms with Gasteiger partial charge in [0.1, 0.15) is 5.82 Å². The summed E-state index contributed by atoms with van der Waals surface area (Å²) in [6, 6.07) is 9.12. The molecule has 0 saturated heterocycles. The van der Waals surface area contributed by atoms with Crippen LogP contribution in [0.5, 0.6) is 0 Å². The van der Waals surface area contributed by atoms with Crippen LogP contribution in [0.2, 0.25) is 0 Å². The van der Waals surface area contributed by atoms with Crippen molar-refractivity contribution in [3.05, 3.63) is 50.4 Å². The lowest BCUT2D eigenvalue weighted by Crippen LogP contribution is -1.99. The molecule has 0 fully saturated rings. The minimum atomic E-state index is -0.222. The maximum absolute atomic E-state index is 13.5. The van der Waals surface area contributed by atoms with Crippen molar-refractivity contribution in [3.63, 3.8) is 0 Å². The summed E-state index contributed by atoms with van der Waals surface area (Å²) in [7, 11) is 0. The van der Waals surface area contributed by atoms with Crippen molar-refractivity contribution >= 4 is 33.0 Å². The SMILES string of the molecule is CCc1ccc(CNc2cc(Br)ccc2F)s1. The van der Waals surface area contributed by atoms with Gasteiger partial charge in [-0.15, -0.1) is 11.3 Å². The van der Waals surface area contributed by atoms with Crippen molar-refractivity contribution in [2.24, 2.45) is 0 Å². The van der Waals surface area contributed by atoms with Crippen LogP contribution in [0.3, 0.4) is 0 Å². The number of nitrogens with one attached hydrogen (secondary N) is 1. The first-order chi connectivity index (χ1) is 8.19. The molecule has 90 valence electrons. The Balaban J connectivity index is 2.04. The van der Waals surface area contributed by atoms with E-state index in [1.807, 2.05) is 0 Å². The lowest BCUT2D eigenvalue weighted by atomic mass is 10.3. The fraction of sp³-hybridized carbons (Fsp3) is 0.231. The van der Waals surface area contributed by atoms with Crippen molar-refractivity contribution in [2.75, 3.05) is 5.32 Å². The number of rotatable bonds is 4. The van der Waals surface area contributed by atoms with E-state index in [9.17, 15) is 4.39 Å². The van der Waals surface area contributed by atoms with Gasteiger partial charge in [-0.2, -0.15) is 0 Å². The zero-order valence-electron chi connectivity index (χ0n) is 9.47. The summed E-state index contributed by atoms with van der Waals surface area (Å²) < 4.78 is 14.3. The summed E-state index contributed by atoms with van der Waals surface area (Å²) in [5.41, 5.74) is 0.533. The number of benzene rings is 1. The Labute approximate surface area is 113 Å². The molecule has 0 atom stereocenters. The molecule has 0 unspecified atom stereocenters. The van der Waals surface area contributed by atoms with Gasteiger partial charge in [-0.05, 0) is 36.8 Å². The molecule has 0 aliphatic carbocycles. The molecule has 0 aliphatic heterocycles. The summed E-state index contributed by atoms with van der Waals surface area (Å²) in [5.74, 6) is -0.222. The maximum Gasteiger partial charge on any atom is 0.146 e. The number of halogens is 2. The number of anilines is 1. The van der Waals surface area contributed by atoms with Gasteiger partial charge < -0.3 is 5.32 Å². The van der Waals surface area contributed by atoms with Gasteiger partial charge in [0.2, 0.25) is 0 Å². The van der Waals surface area contributed by atoms with Gasteiger partial charge in [0.15, 0.2) is 0 Å². The second kappa shape index (κ2) is 5.65. The molecule has 2 rings (SSSR count). The Hall–Kier alpha value is -0.870. The molecule has 4 heteroatoms. The first-order valence-corrected chi connectivity index (χ1v) is 7.06. The molecule has 0 amide bonds. The van der Waals surface area contributed by atoms with Crippen LogP contribution >= 0.6 is 27.3 Å². The Kier molecular flexibility index (Phi) is 4.18. The van der Waals surface area contributed by atoms with E-state index in [1.54, 1.807) is 23.5 Å². The van der Waals surface area contributed by atoms with E-state index < -0.39 is 0 Å². The summed E-state index contributed by atoms with van der Waals surface area (Å²) in [4.78, 5) is 2.58. The van der Waals surface area contributed by atoms with Crippen LogP contribution in [0.25, 0.3) is 0 Å². The number of aryl methyl sites for hydroxylation is 1. The van der Waals surface area contributed by atoms with E-state index in [4.69, 9.17) is 0 Å². The fourth-order valence-electron chi connectivity index (χ4n) is 1.52. The molecule has 0 saturated carbocycles. The highest BCUT2D eigenvalue weighted by molar-refractivity contribution is 9.10. The molecule has 1 aromatic heterocycles. The average molecular weight is 314 g/mol. The lowest BCUT2D eigenvalue weighted by molar-refractivity contribution is 0.630. The smallest absolute Gasteiger partial charge is 0.146 e. The van der Waals surface area contributed by atoms with Crippen LogP contribution < -0.4 is 5.32 Å². The van der Waals surface area contributed by atoms with Crippen molar-refractivity contribution in [2.45, 2.75) is 19.9 Å². The van der Waals surface area contributed by atoms with E-state index in [0.717, 1.165) is 10.9 Å². The van der Waals surface area contributed by atoms with Crippen LogP contribution in [-0.4, -0.2) is 0 Å². The zero-order chi connectivity index (χ0) is 12.3. The summed E-state index contributed by atoms with van der Waals surface area (Å²) in [6.07, 6.45) is 1.05. The fourth-order valence-corrected chi connectivity index (χ4v) is 2.78. The Morgan fingerprint density at radius 3 is 2.71 bits per heavy atom. The van der Waals surface area contributed by atoms with Gasteiger partial charge in [0, 0.05) is 20.8 Å². The van der Waals surface area contributed by atoms with Crippen LogP contribution in [0, 0.1) is 5.82 Å². The maximum atomic E-state index is 13.5. The minimum absolute atomic E-state index is 0.222. The van der Waals surface area contributed by atoms with E-state index in [-0.39, 0.29) is 5.82 Å². The molecule has 0 aliphatic rings. The second-order valence-corrected chi connectivity index (χ2v) is 5.87. The van der Waals surface area contributed by atoms with E-state index in [2.05, 4.69) is 40.3 Å². The summed E-state index contributed by atoms with van der Waals surface area (Å²) >= 11 is 5.10. The molecular weight excluding hydrogens is 301 g/mol. The van der Waals surface area contributed by atoms with E-state index >= 15 is 0 Å². The normalized spacial score (nSPS) is 10.5. The van der Waals surface area contributed by atoms with Crippen molar-refractivity contribution < 1.29 is 4.39 Å². The molecule has 1 N–H and O–H groups in total. The Morgan fingerprint density at radius 2 is 2.00 bits per heavy atom. The highest BCUT2D eigenvalue weighted by Crippen LogP contribution is 2.22. The van der Waals surface area contributed by atoms with E-state index in [0.29, 0.717) is 12.2 Å². The Morgan fingerprint density at radius 1 is 1.24 bits per heavy atom.